The Bertz CT molecular complexity index is 1190. The highest BCUT2D eigenvalue weighted by Crippen LogP contribution is 2.30. The number of benzene rings is 2. The number of methoxy groups -OCH3 is 1. The topological polar surface area (TPSA) is 68.5 Å². The fourth-order valence-electron chi connectivity index (χ4n) is 3.36. The number of carbonyl (C=O) groups is 1. The predicted molar refractivity (Wildman–Crippen MR) is 117 cm³/mol. The van der Waals surface area contributed by atoms with Crippen LogP contribution >= 0.6 is 11.8 Å². The molecule has 4 aromatic rings. The molecule has 2 aromatic carbocycles. The number of pyridine rings is 1. The zero-order chi connectivity index (χ0) is 20.4. The Hall–Kier alpha value is -3.06. The van der Waals surface area contributed by atoms with Crippen LogP contribution in [0.4, 0.5) is 5.69 Å². The van der Waals surface area contributed by atoms with Crippen molar-refractivity contribution < 1.29 is 9.53 Å². The molecule has 2 aromatic heterocycles. The summed E-state index contributed by atoms with van der Waals surface area (Å²) in [6, 6.07) is 17.6. The van der Waals surface area contributed by atoms with Gasteiger partial charge in [-0.25, -0.2) is 0 Å². The van der Waals surface area contributed by atoms with Gasteiger partial charge in [0.15, 0.2) is 10.8 Å². The summed E-state index contributed by atoms with van der Waals surface area (Å²) >= 11 is 1.42. The minimum atomic E-state index is -0.313. The van der Waals surface area contributed by atoms with E-state index in [-0.39, 0.29) is 11.2 Å². The Labute approximate surface area is 173 Å². The minimum Gasteiger partial charge on any atom is -0.495 e. The molecular weight excluding hydrogens is 384 g/mol. The number of carbonyl (C=O) groups excluding carboxylic acids is 1. The molecule has 148 valence electrons. The Morgan fingerprint density at radius 1 is 1.17 bits per heavy atom. The van der Waals surface area contributed by atoms with Crippen LogP contribution in [0.2, 0.25) is 0 Å². The number of fused-ring (bicyclic) bond motifs is 3. The van der Waals surface area contributed by atoms with E-state index in [2.05, 4.69) is 34.6 Å². The lowest BCUT2D eigenvalue weighted by Crippen LogP contribution is -2.25. The SMILES string of the molecule is CCC(Sc1nnc2cc(C)c3ccccc3n12)C(=O)Nc1ccccc1OC. The van der Waals surface area contributed by atoms with E-state index in [9.17, 15) is 4.79 Å². The van der Waals surface area contributed by atoms with E-state index < -0.39 is 0 Å². The van der Waals surface area contributed by atoms with Gasteiger partial charge in [-0.2, -0.15) is 0 Å². The number of hydrogen-bond acceptors (Lipinski definition) is 5. The van der Waals surface area contributed by atoms with Crippen molar-refractivity contribution in [2.24, 2.45) is 0 Å². The monoisotopic (exact) mass is 406 g/mol. The Balaban J connectivity index is 1.66. The van der Waals surface area contributed by atoms with E-state index in [1.165, 1.54) is 11.8 Å². The van der Waals surface area contributed by atoms with Crippen LogP contribution in [-0.2, 0) is 4.79 Å². The fourth-order valence-corrected chi connectivity index (χ4v) is 4.33. The van der Waals surface area contributed by atoms with Gasteiger partial charge in [0.25, 0.3) is 0 Å². The predicted octanol–water partition coefficient (Wildman–Crippen LogP) is 4.71. The van der Waals surface area contributed by atoms with Crippen molar-refractivity contribution in [3.63, 3.8) is 0 Å². The first-order valence-electron chi connectivity index (χ1n) is 9.46. The molecule has 1 unspecified atom stereocenters. The summed E-state index contributed by atoms with van der Waals surface area (Å²) in [4.78, 5) is 12.9. The minimum absolute atomic E-state index is 0.0878. The number of thioether (sulfide) groups is 1. The van der Waals surface area contributed by atoms with Crippen LogP contribution in [0.1, 0.15) is 18.9 Å². The Morgan fingerprint density at radius 2 is 1.93 bits per heavy atom. The molecule has 0 aliphatic heterocycles. The number of ether oxygens (including phenoxy) is 1. The number of hydrogen-bond donors (Lipinski definition) is 1. The Kier molecular flexibility index (Phi) is 5.40. The number of para-hydroxylation sites is 3. The average Bonchev–Trinajstić information content (AvgIpc) is 3.15. The molecule has 0 saturated heterocycles. The molecule has 1 atom stereocenters. The molecule has 0 aliphatic carbocycles. The van der Waals surface area contributed by atoms with Crippen molar-refractivity contribution in [2.75, 3.05) is 12.4 Å². The van der Waals surface area contributed by atoms with Crippen molar-refractivity contribution in [1.82, 2.24) is 14.6 Å². The lowest BCUT2D eigenvalue weighted by Gasteiger charge is -2.16. The van der Waals surface area contributed by atoms with E-state index in [1.807, 2.05) is 53.8 Å². The first-order chi connectivity index (χ1) is 14.1. The molecule has 0 spiro atoms. The largest absolute Gasteiger partial charge is 0.495 e. The van der Waals surface area contributed by atoms with Crippen LogP contribution in [0.3, 0.4) is 0 Å². The maximum atomic E-state index is 12.9. The summed E-state index contributed by atoms with van der Waals surface area (Å²) in [5, 5.41) is 13.2. The van der Waals surface area contributed by atoms with E-state index in [0.29, 0.717) is 23.0 Å². The third-order valence-corrected chi connectivity index (χ3v) is 6.16. The number of anilines is 1. The van der Waals surface area contributed by atoms with Crippen molar-refractivity contribution in [3.05, 3.63) is 60.2 Å². The molecular formula is C22H22N4O2S. The van der Waals surface area contributed by atoms with E-state index in [1.54, 1.807) is 7.11 Å². The van der Waals surface area contributed by atoms with Crippen molar-refractivity contribution in [2.45, 2.75) is 30.7 Å². The van der Waals surface area contributed by atoms with Gasteiger partial charge in [-0.05, 0) is 43.2 Å². The number of amides is 1. The first kappa shape index (κ1) is 19.3. The van der Waals surface area contributed by atoms with Gasteiger partial charge in [0.1, 0.15) is 5.75 Å². The Morgan fingerprint density at radius 3 is 2.72 bits per heavy atom. The molecule has 2 heterocycles. The van der Waals surface area contributed by atoms with Crippen LogP contribution in [-0.4, -0.2) is 32.9 Å². The van der Waals surface area contributed by atoms with Crippen LogP contribution in [0.25, 0.3) is 16.6 Å². The normalized spacial score (nSPS) is 12.2. The lowest BCUT2D eigenvalue weighted by atomic mass is 10.1. The highest BCUT2D eigenvalue weighted by Gasteiger charge is 2.22. The molecule has 1 N–H and O–H groups in total. The van der Waals surface area contributed by atoms with Crippen LogP contribution in [0.15, 0.2) is 59.8 Å². The lowest BCUT2D eigenvalue weighted by molar-refractivity contribution is -0.115. The molecule has 0 radical (unpaired) electrons. The summed E-state index contributed by atoms with van der Waals surface area (Å²) < 4.78 is 7.35. The second kappa shape index (κ2) is 8.13. The van der Waals surface area contributed by atoms with Crippen LogP contribution in [0.5, 0.6) is 5.75 Å². The molecule has 0 aliphatic rings. The quantitative estimate of drug-likeness (QED) is 0.470. The van der Waals surface area contributed by atoms with Gasteiger partial charge in [0.05, 0.1) is 23.6 Å². The third kappa shape index (κ3) is 3.65. The summed E-state index contributed by atoms with van der Waals surface area (Å²) in [5.74, 6) is 0.547. The van der Waals surface area contributed by atoms with Crippen LogP contribution < -0.4 is 10.1 Å². The maximum Gasteiger partial charge on any atom is 0.238 e. The van der Waals surface area contributed by atoms with Gasteiger partial charge in [0.2, 0.25) is 5.91 Å². The van der Waals surface area contributed by atoms with Crippen molar-refractivity contribution >= 4 is 39.9 Å². The van der Waals surface area contributed by atoms with E-state index >= 15 is 0 Å². The highest BCUT2D eigenvalue weighted by molar-refractivity contribution is 8.00. The second-order valence-corrected chi connectivity index (χ2v) is 7.89. The molecule has 0 fully saturated rings. The van der Waals surface area contributed by atoms with Gasteiger partial charge < -0.3 is 10.1 Å². The molecule has 0 saturated carbocycles. The molecule has 0 bridgehead atoms. The molecule has 7 heteroatoms. The van der Waals surface area contributed by atoms with Gasteiger partial charge in [-0.3, -0.25) is 9.20 Å². The number of nitrogens with one attached hydrogen (secondary N) is 1. The fraction of sp³-hybridized carbons (Fsp3) is 0.227. The molecule has 6 nitrogen and oxygen atoms in total. The average molecular weight is 407 g/mol. The second-order valence-electron chi connectivity index (χ2n) is 6.72. The summed E-state index contributed by atoms with van der Waals surface area (Å²) in [5.41, 5.74) is 3.63. The number of aryl methyl sites for hydroxylation is 1. The summed E-state index contributed by atoms with van der Waals surface area (Å²) in [6.07, 6.45) is 0.657. The summed E-state index contributed by atoms with van der Waals surface area (Å²) in [6.45, 7) is 4.06. The third-order valence-electron chi connectivity index (χ3n) is 4.85. The van der Waals surface area contributed by atoms with Crippen molar-refractivity contribution in [3.8, 4) is 5.75 Å². The first-order valence-corrected chi connectivity index (χ1v) is 10.3. The van der Waals surface area contributed by atoms with Crippen LogP contribution in [0, 0.1) is 6.92 Å². The van der Waals surface area contributed by atoms with E-state index in [4.69, 9.17) is 4.74 Å². The zero-order valence-electron chi connectivity index (χ0n) is 16.5. The summed E-state index contributed by atoms with van der Waals surface area (Å²) in [7, 11) is 1.59. The maximum absolute atomic E-state index is 12.9. The number of aromatic nitrogens is 3. The van der Waals surface area contributed by atoms with Crippen molar-refractivity contribution in [1.29, 1.82) is 0 Å². The highest BCUT2D eigenvalue weighted by atomic mass is 32.2. The number of rotatable bonds is 6. The van der Waals surface area contributed by atoms with Gasteiger partial charge in [-0.1, -0.05) is 49.0 Å². The van der Waals surface area contributed by atoms with Gasteiger partial charge >= 0.3 is 0 Å². The smallest absolute Gasteiger partial charge is 0.238 e. The van der Waals surface area contributed by atoms with Gasteiger partial charge in [0, 0.05) is 5.39 Å². The zero-order valence-corrected chi connectivity index (χ0v) is 17.4. The number of nitrogens with zero attached hydrogens (tertiary/aromatic N) is 3. The van der Waals surface area contributed by atoms with Gasteiger partial charge in [-0.15, -0.1) is 10.2 Å². The standard InChI is InChI=1S/C22H22N4O2S/c1-4-19(21(27)23-16-10-6-8-12-18(16)28-3)29-22-25-24-20-13-14(2)15-9-5-7-11-17(15)26(20)22/h5-13,19H,4H2,1-3H3,(H,23,27). The molecule has 1 amide bonds. The molecule has 29 heavy (non-hydrogen) atoms. The molecule has 4 rings (SSSR count). The van der Waals surface area contributed by atoms with E-state index in [0.717, 1.165) is 22.1 Å².